The summed E-state index contributed by atoms with van der Waals surface area (Å²) in [4.78, 5) is 1.75. The maximum Gasteiger partial charge on any atom is 0.118 e. The normalized spacial score (nSPS) is 17.5. The number of quaternary nitrogens is 1. The second kappa shape index (κ2) is 7.15. The van der Waals surface area contributed by atoms with Crippen LogP contribution < -0.4 is 4.90 Å². The summed E-state index contributed by atoms with van der Waals surface area (Å²) in [5, 5.41) is 0. The zero-order chi connectivity index (χ0) is 15.4. The Morgan fingerprint density at radius 3 is 2.45 bits per heavy atom. The summed E-state index contributed by atoms with van der Waals surface area (Å²) in [6.07, 6.45) is 9.21. The zero-order valence-electron chi connectivity index (χ0n) is 14.0. The van der Waals surface area contributed by atoms with Gasteiger partial charge in [0.05, 0.1) is 11.7 Å². The van der Waals surface area contributed by atoms with Gasteiger partial charge in [0, 0.05) is 18.8 Å². The molecule has 2 aromatic rings. The van der Waals surface area contributed by atoms with Crippen molar-refractivity contribution in [3.05, 3.63) is 59.4 Å². The van der Waals surface area contributed by atoms with Gasteiger partial charge in [0.2, 0.25) is 0 Å². The standard InChI is InChI=1S/C20H28N2/c1-17-9-6-7-10-18(17)15-22(19-11-4-3-5-12-19)16-20-13-8-14-21(20)2/h6-10,13-14,19H,3-5,11-12,15-16H2,1-2H3/p+1. The van der Waals surface area contributed by atoms with Crippen LogP contribution in [0, 0.1) is 6.92 Å². The van der Waals surface area contributed by atoms with Gasteiger partial charge in [-0.05, 0) is 50.3 Å². The number of rotatable bonds is 5. The minimum Gasteiger partial charge on any atom is -0.350 e. The minimum absolute atomic E-state index is 0.822. The van der Waals surface area contributed by atoms with Crippen LogP contribution in [-0.2, 0) is 20.1 Å². The second-order valence-corrected chi connectivity index (χ2v) is 6.88. The molecule has 118 valence electrons. The van der Waals surface area contributed by atoms with Gasteiger partial charge in [-0.25, -0.2) is 0 Å². The molecule has 3 rings (SSSR count). The first-order valence-corrected chi connectivity index (χ1v) is 8.73. The summed E-state index contributed by atoms with van der Waals surface area (Å²) in [7, 11) is 2.17. The molecule has 1 aliphatic carbocycles. The van der Waals surface area contributed by atoms with Crippen LogP contribution >= 0.6 is 0 Å². The van der Waals surface area contributed by atoms with Gasteiger partial charge in [0.25, 0.3) is 0 Å². The summed E-state index contributed by atoms with van der Waals surface area (Å²) in [5.74, 6) is 0. The molecular weight excluding hydrogens is 268 g/mol. The minimum atomic E-state index is 0.822. The first-order valence-electron chi connectivity index (χ1n) is 8.73. The van der Waals surface area contributed by atoms with Crippen molar-refractivity contribution >= 4 is 0 Å². The predicted molar refractivity (Wildman–Crippen MR) is 91.8 cm³/mol. The summed E-state index contributed by atoms with van der Waals surface area (Å²) in [5.41, 5.74) is 4.40. The molecule has 1 fully saturated rings. The third-order valence-corrected chi connectivity index (χ3v) is 5.32. The van der Waals surface area contributed by atoms with E-state index in [-0.39, 0.29) is 0 Å². The van der Waals surface area contributed by atoms with Crippen LogP contribution in [0.15, 0.2) is 42.6 Å². The van der Waals surface area contributed by atoms with Gasteiger partial charge in [-0.3, -0.25) is 0 Å². The number of benzene rings is 1. The van der Waals surface area contributed by atoms with Gasteiger partial charge in [0.1, 0.15) is 13.1 Å². The molecule has 1 aromatic carbocycles. The van der Waals surface area contributed by atoms with Crippen LogP contribution in [0.1, 0.15) is 48.9 Å². The van der Waals surface area contributed by atoms with Crippen molar-refractivity contribution in [1.82, 2.24) is 4.57 Å². The first kappa shape index (κ1) is 15.4. The van der Waals surface area contributed by atoms with Crippen molar-refractivity contribution in [3.63, 3.8) is 0 Å². The highest BCUT2D eigenvalue weighted by atomic mass is 15.2. The third kappa shape index (κ3) is 3.61. The fraction of sp³-hybridized carbons (Fsp3) is 0.500. The Kier molecular flexibility index (Phi) is 4.99. The molecule has 2 nitrogen and oxygen atoms in total. The fourth-order valence-electron chi connectivity index (χ4n) is 3.83. The van der Waals surface area contributed by atoms with Crippen LogP contribution in [0.5, 0.6) is 0 Å². The summed E-state index contributed by atoms with van der Waals surface area (Å²) in [6.45, 7) is 4.54. The molecule has 1 heterocycles. The van der Waals surface area contributed by atoms with Crippen molar-refractivity contribution in [3.8, 4) is 0 Å². The number of hydrogen-bond acceptors (Lipinski definition) is 0. The van der Waals surface area contributed by atoms with Crippen molar-refractivity contribution < 1.29 is 4.90 Å². The topological polar surface area (TPSA) is 9.37 Å². The van der Waals surface area contributed by atoms with E-state index in [1.54, 1.807) is 4.90 Å². The molecule has 1 atom stereocenters. The summed E-state index contributed by atoms with van der Waals surface area (Å²) >= 11 is 0. The molecular formula is C20H29N2+. The van der Waals surface area contributed by atoms with Crippen molar-refractivity contribution in [2.75, 3.05) is 0 Å². The molecule has 1 unspecified atom stereocenters. The van der Waals surface area contributed by atoms with E-state index in [2.05, 4.69) is 61.1 Å². The highest BCUT2D eigenvalue weighted by Gasteiger charge is 2.25. The van der Waals surface area contributed by atoms with Gasteiger partial charge in [0.15, 0.2) is 0 Å². The van der Waals surface area contributed by atoms with Crippen molar-refractivity contribution in [2.45, 2.75) is 58.2 Å². The maximum atomic E-state index is 2.31. The van der Waals surface area contributed by atoms with Gasteiger partial charge < -0.3 is 9.47 Å². The lowest BCUT2D eigenvalue weighted by Crippen LogP contribution is -3.13. The molecule has 0 saturated heterocycles. The summed E-state index contributed by atoms with van der Waals surface area (Å²) < 4.78 is 2.28. The predicted octanol–water partition coefficient (Wildman–Crippen LogP) is 3.25. The molecule has 2 heteroatoms. The molecule has 1 saturated carbocycles. The van der Waals surface area contributed by atoms with Gasteiger partial charge >= 0.3 is 0 Å². The van der Waals surface area contributed by atoms with Crippen LogP contribution in [0.25, 0.3) is 0 Å². The quantitative estimate of drug-likeness (QED) is 0.868. The number of hydrogen-bond donors (Lipinski definition) is 1. The maximum absolute atomic E-state index is 2.31. The fourth-order valence-corrected chi connectivity index (χ4v) is 3.83. The Morgan fingerprint density at radius 2 is 1.77 bits per heavy atom. The number of nitrogens with zero attached hydrogens (tertiary/aromatic N) is 1. The van der Waals surface area contributed by atoms with Crippen LogP contribution in [0.4, 0.5) is 0 Å². The molecule has 1 aromatic heterocycles. The first-order chi connectivity index (χ1) is 10.7. The SMILES string of the molecule is Cc1ccccc1C[NH+](Cc1cccn1C)C1CCCCC1. The van der Waals surface area contributed by atoms with E-state index < -0.39 is 0 Å². The Morgan fingerprint density at radius 1 is 1.00 bits per heavy atom. The molecule has 0 bridgehead atoms. The van der Waals surface area contributed by atoms with Gasteiger partial charge in [-0.15, -0.1) is 0 Å². The highest BCUT2D eigenvalue weighted by Crippen LogP contribution is 2.16. The number of nitrogens with one attached hydrogen (secondary N) is 1. The van der Waals surface area contributed by atoms with Crippen molar-refractivity contribution in [2.24, 2.45) is 7.05 Å². The average Bonchev–Trinajstić information content (AvgIpc) is 2.95. The highest BCUT2D eigenvalue weighted by molar-refractivity contribution is 5.24. The Balaban J connectivity index is 1.79. The summed E-state index contributed by atoms with van der Waals surface area (Å²) in [6, 6.07) is 14.2. The second-order valence-electron chi connectivity index (χ2n) is 6.88. The lowest BCUT2D eigenvalue weighted by Gasteiger charge is -2.32. The molecule has 0 spiro atoms. The van der Waals surface area contributed by atoms with E-state index in [1.165, 1.54) is 48.9 Å². The monoisotopic (exact) mass is 297 g/mol. The van der Waals surface area contributed by atoms with E-state index in [0.717, 1.165) is 19.1 Å². The zero-order valence-corrected chi connectivity index (χ0v) is 14.0. The van der Waals surface area contributed by atoms with Gasteiger partial charge in [-0.1, -0.05) is 30.7 Å². The molecule has 0 radical (unpaired) electrons. The molecule has 0 aliphatic heterocycles. The van der Waals surface area contributed by atoms with E-state index in [0.29, 0.717) is 0 Å². The molecule has 1 N–H and O–H groups in total. The molecule has 22 heavy (non-hydrogen) atoms. The largest absolute Gasteiger partial charge is 0.350 e. The smallest absolute Gasteiger partial charge is 0.118 e. The number of aryl methyl sites for hydroxylation is 2. The van der Waals surface area contributed by atoms with Crippen LogP contribution in [0.3, 0.4) is 0 Å². The Bertz CT molecular complexity index is 593. The van der Waals surface area contributed by atoms with E-state index in [4.69, 9.17) is 0 Å². The van der Waals surface area contributed by atoms with Crippen LogP contribution in [0.2, 0.25) is 0 Å². The van der Waals surface area contributed by atoms with E-state index >= 15 is 0 Å². The Hall–Kier alpha value is -1.54. The van der Waals surface area contributed by atoms with E-state index in [9.17, 15) is 0 Å². The third-order valence-electron chi connectivity index (χ3n) is 5.32. The van der Waals surface area contributed by atoms with Gasteiger partial charge in [-0.2, -0.15) is 0 Å². The lowest BCUT2D eigenvalue weighted by molar-refractivity contribution is -0.953. The lowest BCUT2D eigenvalue weighted by atomic mass is 9.93. The number of aromatic nitrogens is 1. The Labute approximate surface area is 134 Å². The molecule has 0 amide bonds. The van der Waals surface area contributed by atoms with Crippen LogP contribution in [-0.4, -0.2) is 10.6 Å². The average molecular weight is 297 g/mol. The van der Waals surface area contributed by atoms with E-state index in [1.807, 2.05) is 0 Å². The van der Waals surface area contributed by atoms with Crippen molar-refractivity contribution in [1.29, 1.82) is 0 Å². The molecule has 1 aliphatic rings.